The number of nitrogens with zero attached hydrogens (tertiary/aromatic N) is 2. The van der Waals surface area contributed by atoms with E-state index in [-0.39, 0.29) is 12.8 Å². The third-order valence-corrected chi connectivity index (χ3v) is 8.66. The van der Waals surface area contributed by atoms with Crippen molar-refractivity contribution in [1.82, 2.24) is 25.3 Å². The minimum absolute atomic E-state index is 0.00160. The second-order valence-electron chi connectivity index (χ2n) is 12.2. The summed E-state index contributed by atoms with van der Waals surface area (Å²) in [5, 5.41) is 38.6. The van der Waals surface area contributed by atoms with Gasteiger partial charge in [-0.05, 0) is 110 Å². The second-order valence-corrected chi connectivity index (χ2v) is 12.2. The monoisotopic (exact) mass is 641 g/mol. The average Bonchev–Trinajstić information content (AvgIpc) is 3.78. The van der Waals surface area contributed by atoms with E-state index in [4.69, 9.17) is 20.2 Å². The van der Waals surface area contributed by atoms with Gasteiger partial charge in [0.1, 0.15) is 6.04 Å². The number of hydrogen-bond donors (Lipinski definition) is 7. The van der Waals surface area contributed by atoms with Gasteiger partial charge in [0.05, 0.1) is 28.9 Å². The summed E-state index contributed by atoms with van der Waals surface area (Å²) < 4.78 is 0. The molecule has 0 saturated carbocycles. The number of H-pyrrole nitrogens is 2. The maximum Gasteiger partial charge on any atom is 0.320 e. The number of carboxylic acid groups (broad SMARTS) is 3. The van der Waals surface area contributed by atoms with Crippen LogP contribution in [0.5, 0.6) is 0 Å². The third kappa shape index (κ3) is 7.67. The number of allylic oxidation sites excluding steroid dienone is 3. The van der Waals surface area contributed by atoms with Gasteiger partial charge in [0.15, 0.2) is 0 Å². The van der Waals surface area contributed by atoms with Gasteiger partial charge in [-0.3, -0.25) is 14.4 Å². The first-order chi connectivity index (χ1) is 22.3. The number of carbonyl (C=O) groups is 3. The van der Waals surface area contributed by atoms with Gasteiger partial charge in [-0.2, -0.15) is 0 Å². The number of fused-ring (bicyclic) bond motifs is 8. The smallest absolute Gasteiger partial charge is 0.320 e. The van der Waals surface area contributed by atoms with E-state index in [9.17, 15) is 24.6 Å². The molecule has 3 aromatic rings. The predicted molar refractivity (Wildman–Crippen MR) is 179 cm³/mol. The molecule has 0 spiro atoms. The van der Waals surface area contributed by atoms with Crippen molar-refractivity contribution in [3.63, 3.8) is 0 Å². The van der Waals surface area contributed by atoms with Crippen molar-refractivity contribution in [1.29, 1.82) is 0 Å². The molecule has 1 fully saturated rings. The summed E-state index contributed by atoms with van der Waals surface area (Å²) in [5.74, 6) is -2.62. The van der Waals surface area contributed by atoms with E-state index in [1.165, 1.54) is 0 Å². The van der Waals surface area contributed by atoms with Crippen LogP contribution in [0.3, 0.4) is 0 Å². The van der Waals surface area contributed by atoms with Gasteiger partial charge in [0, 0.05) is 47.9 Å². The Morgan fingerprint density at radius 2 is 1.51 bits per heavy atom. The number of aliphatic carboxylic acids is 3. The first kappa shape index (κ1) is 33.3. The van der Waals surface area contributed by atoms with E-state index < -0.39 is 30.1 Å². The molecule has 8 bridgehead atoms. The molecular weight excluding hydrogens is 602 g/mol. The maximum absolute atomic E-state index is 11.4. The van der Waals surface area contributed by atoms with E-state index in [0.29, 0.717) is 31.5 Å². The van der Waals surface area contributed by atoms with E-state index in [1.54, 1.807) is 0 Å². The van der Waals surface area contributed by atoms with Crippen molar-refractivity contribution < 1.29 is 34.8 Å². The van der Waals surface area contributed by atoms with Crippen LogP contribution >= 0.6 is 0 Å². The van der Waals surface area contributed by atoms with E-state index in [0.717, 1.165) is 72.6 Å². The van der Waals surface area contributed by atoms with Gasteiger partial charge in [-0.15, -0.1) is 0 Å². The molecular formula is C35H39N5O7. The first-order valence-electron chi connectivity index (χ1n) is 15.5. The van der Waals surface area contributed by atoms with Crippen LogP contribution in [0.2, 0.25) is 0 Å². The summed E-state index contributed by atoms with van der Waals surface area (Å²) in [6.45, 7) is 8.41. The zero-order chi connectivity index (χ0) is 34.0. The summed E-state index contributed by atoms with van der Waals surface area (Å²) in [6.07, 6.45) is 2.59. The van der Waals surface area contributed by atoms with Crippen LogP contribution < -0.4 is 5.32 Å². The minimum atomic E-state index is -0.883. The van der Waals surface area contributed by atoms with Gasteiger partial charge in [0.2, 0.25) is 0 Å². The molecule has 3 aliphatic rings. The number of nitrogens with one attached hydrogen (secondary N) is 3. The second kappa shape index (κ2) is 13.7. The fourth-order valence-electron chi connectivity index (χ4n) is 6.01. The molecule has 47 heavy (non-hydrogen) atoms. The van der Waals surface area contributed by atoms with Crippen LogP contribution in [0.1, 0.15) is 79.0 Å². The zero-order valence-electron chi connectivity index (χ0n) is 26.8. The highest BCUT2D eigenvalue weighted by atomic mass is 16.4. The standard InChI is InChI=1S/C30H30N4O4.C5H9NO3/c1-15-9-20-12-25-17(3)21(5-7-29(35)36)27(33-25)14-28-22(6-8-30(37)38)18(4)26(34-28)13-24-16(2)10-19(32-24)11-23(15)31-20;7-3-1-4(5(8)9)6-2-3/h9-14,31,34H,5-8H2,1-4H3,(H,35,36)(H,37,38);3-4,6-7H,1-2H2,(H,8,9)/t;3?,4-/m.0/s1. The molecule has 7 N–H and O–H groups in total. The minimum Gasteiger partial charge on any atom is -0.481 e. The summed E-state index contributed by atoms with van der Waals surface area (Å²) in [4.78, 5) is 49.7. The fraction of sp³-hybridized carbons (Fsp3) is 0.343. The number of aliphatic hydroxyl groups is 1. The normalized spacial score (nSPS) is 17.3. The molecule has 0 amide bonds. The van der Waals surface area contributed by atoms with E-state index in [1.807, 2.05) is 58.0 Å². The number of hydrogen-bond acceptors (Lipinski definition) is 7. The molecule has 12 heteroatoms. The lowest BCUT2D eigenvalue weighted by Crippen LogP contribution is -2.29. The summed E-state index contributed by atoms with van der Waals surface area (Å²) in [7, 11) is 0. The molecule has 3 aromatic heterocycles. The largest absolute Gasteiger partial charge is 0.481 e. The van der Waals surface area contributed by atoms with E-state index >= 15 is 0 Å². The summed E-state index contributed by atoms with van der Waals surface area (Å²) >= 11 is 0. The van der Waals surface area contributed by atoms with Crippen LogP contribution in [-0.4, -0.2) is 77.0 Å². The van der Waals surface area contributed by atoms with Crippen LogP contribution in [0.4, 0.5) is 0 Å². The van der Waals surface area contributed by atoms with Crippen molar-refractivity contribution in [2.75, 3.05) is 6.54 Å². The van der Waals surface area contributed by atoms with Gasteiger partial charge in [-0.25, -0.2) is 9.97 Å². The highest BCUT2D eigenvalue weighted by molar-refractivity contribution is 5.94. The van der Waals surface area contributed by atoms with Gasteiger partial charge in [0.25, 0.3) is 0 Å². The van der Waals surface area contributed by atoms with Crippen LogP contribution in [0.15, 0.2) is 30.3 Å². The van der Waals surface area contributed by atoms with Crippen molar-refractivity contribution in [3.8, 4) is 0 Å². The topological polar surface area (TPSA) is 202 Å². The molecule has 1 saturated heterocycles. The molecule has 2 atom stereocenters. The Kier molecular flexibility index (Phi) is 9.73. The van der Waals surface area contributed by atoms with Crippen LogP contribution in [-0.2, 0) is 20.8 Å². The van der Waals surface area contributed by atoms with Crippen LogP contribution in [0.25, 0.3) is 44.9 Å². The van der Waals surface area contributed by atoms with Gasteiger partial charge < -0.3 is 35.7 Å². The molecule has 1 unspecified atom stereocenters. The summed E-state index contributed by atoms with van der Waals surface area (Å²) in [5.41, 5.74) is 12.4. The molecule has 12 nitrogen and oxygen atoms in total. The van der Waals surface area contributed by atoms with Crippen molar-refractivity contribution in [3.05, 3.63) is 69.8 Å². The molecule has 0 aromatic carbocycles. The average molecular weight is 642 g/mol. The Bertz CT molecular complexity index is 1980. The zero-order valence-corrected chi connectivity index (χ0v) is 26.8. The lowest BCUT2D eigenvalue weighted by atomic mass is 10.0. The Hall–Kier alpha value is -5.07. The van der Waals surface area contributed by atoms with Crippen molar-refractivity contribution >= 4 is 62.8 Å². The quantitative estimate of drug-likeness (QED) is 0.182. The number of aliphatic hydroxyl groups excluding tert-OH is 1. The summed E-state index contributed by atoms with van der Waals surface area (Å²) in [6, 6.07) is 9.44. The fourth-order valence-corrected chi connectivity index (χ4v) is 6.01. The molecule has 6 heterocycles. The van der Waals surface area contributed by atoms with Crippen molar-refractivity contribution in [2.45, 2.75) is 71.9 Å². The Morgan fingerprint density at radius 1 is 0.809 bits per heavy atom. The van der Waals surface area contributed by atoms with Crippen LogP contribution in [0, 0.1) is 13.8 Å². The lowest BCUT2D eigenvalue weighted by molar-refractivity contribution is -0.139. The molecule has 0 radical (unpaired) electrons. The number of rotatable bonds is 7. The van der Waals surface area contributed by atoms with Gasteiger partial charge >= 0.3 is 17.9 Å². The maximum atomic E-state index is 11.4. The molecule has 246 valence electrons. The number of aromatic amines is 2. The number of aromatic nitrogens is 4. The van der Waals surface area contributed by atoms with E-state index in [2.05, 4.69) is 21.4 Å². The number of β-amino-alcohol motifs (C(OH)–C–C–N with tert-alkyl or cyclic N) is 1. The van der Waals surface area contributed by atoms with Gasteiger partial charge in [-0.1, -0.05) is 0 Å². The SMILES string of the molecule is CC1=Cc2cc3[nH]c(cc4nc(cc5[nH]c(cc1n2)c(C)c5CCC(=O)O)C(CCC(=O)O)=C4C)cc3C.O=C(O)[C@@H]1CC(O)CN1. The molecule has 6 rings (SSSR count). The van der Waals surface area contributed by atoms with Crippen molar-refractivity contribution in [2.24, 2.45) is 0 Å². The molecule has 0 aliphatic carbocycles. The first-order valence-corrected chi connectivity index (χ1v) is 15.5. The number of aryl methyl sites for hydroxylation is 3. The third-order valence-electron chi connectivity index (χ3n) is 8.66. The highest BCUT2D eigenvalue weighted by Gasteiger charge is 2.27. The Balaban J connectivity index is 0.000000417. The lowest BCUT2D eigenvalue weighted by Gasteiger charge is -2.03. The molecule has 3 aliphatic heterocycles. The number of carboxylic acids is 3. The highest BCUT2D eigenvalue weighted by Crippen LogP contribution is 2.34. The Morgan fingerprint density at radius 3 is 2.15 bits per heavy atom. The Labute approximate surface area is 270 Å². The predicted octanol–water partition coefficient (Wildman–Crippen LogP) is 5.10.